The van der Waals surface area contributed by atoms with E-state index in [-0.39, 0.29) is 6.54 Å². The maximum Gasteiger partial charge on any atom is 0.419 e. The molecule has 1 aliphatic rings. The van der Waals surface area contributed by atoms with Crippen LogP contribution in [0.1, 0.15) is 33.8 Å². The largest absolute Gasteiger partial charge is 0.419 e. The fourth-order valence-corrected chi connectivity index (χ4v) is 4.19. The number of aryl methyl sites for hydroxylation is 2. The highest BCUT2D eigenvalue weighted by atomic mass is 32.2. The molecule has 5 nitrogen and oxygen atoms in total. The molecule has 1 N–H and O–H groups in total. The lowest BCUT2D eigenvalue weighted by Crippen LogP contribution is -2.48. The highest BCUT2D eigenvalue weighted by Gasteiger charge is 2.57. The smallest absolute Gasteiger partial charge is 0.379 e. The second-order valence-electron chi connectivity index (χ2n) is 6.59. The standard InChI is InChI=1S/C18H19F3N2O3S/c1-11-14(12(2)26-22-11)9-27-15-6-4-3-5-13(15)16(24)23-8-7-17(25,10-23)18(19,20)21/h3-6,25H,7-10H2,1-2H3/t17-/m0/s1. The number of halogens is 3. The molecule has 1 aromatic carbocycles. The van der Waals surface area contributed by atoms with E-state index >= 15 is 0 Å². The molecule has 0 spiro atoms. The van der Waals surface area contributed by atoms with Crippen LogP contribution in [0.25, 0.3) is 0 Å². The molecule has 3 rings (SSSR count). The zero-order valence-electron chi connectivity index (χ0n) is 14.8. The van der Waals surface area contributed by atoms with E-state index in [2.05, 4.69) is 5.16 Å². The SMILES string of the molecule is Cc1noc(C)c1CSc1ccccc1C(=O)N1CC[C@@](O)(C(F)(F)F)C1. The van der Waals surface area contributed by atoms with Gasteiger partial charge in [-0.3, -0.25) is 4.79 Å². The molecule has 2 heterocycles. The summed E-state index contributed by atoms with van der Waals surface area (Å²) in [5.74, 6) is 0.702. The van der Waals surface area contributed by atoms with Crippen molar-refractivity contribution < 1.29 is 27.6 Å². The molecular weight excluding hydrogens is 381 g/mol. The van der Waals surface area contributed by atoms with Crippen LogP contribution in [0.2, 0.25) is 0 Å². The zero-order chi connectivity index (χ0) is 19.8. The topological polar surface area (TPSA) is 66.6 Å². The van der Waals surface area contributed by atoms with Crippen LogP contribution in [-0.4, -0.2) is 45.9 Å². The van der Waals surface area contributed by atoms with Crippen molar-refractivity contribution in [1.29, 1.82) is 0 Å². The molecule has 1 saturated heterocycles. The van der Waals surface area contributed by atoms with Crippen molar-refractivity contribution in [3.63, 3.8) is 0 Å². The summed E-state index contributed by atoms with van der Waals surface area (Å²) in [6, 6.07) is 6.77. The first-order valence-corrected chi connectivity index (χ1v) is 9.33. The van der Waals surface area contributed by atoms with Gasteiger partial charge in [-0.25, -0.2) is 0 Å². The van der Waals surface area contributed by atoms with Crippen LogP contribution in [0, 0.1) is 13.8 Å². The number of nitrogens with zero attached hydrogens (tertiary/aromatic N) is 2. The zero-order valence-corrected chi connectivity index (χ0v) is 15.7. The first-order valence-electron chi connectivity index (χ1n) is 8.34. The quantitative estimate of drug-likeness (QED) is 0.793. The fraction of sp³-hybridized carbons (Fsp3) is 0.444. The predicted octanol–water partition coefficient (Wildman–Crippen LogP) is 3.72. The van der Waals surface area contributed by atoms with E-state index in [1.165, 1.54) is 11.8 Å². The summed E-state index contributed by atoms with van der Waals surface area (Å²) in [7, 11) is 0. The monoisotopic (exact) mass is 400 g/mol. The minimum Gasteiger partial charge on any atom is -0.379 e. The number of amides is 1. The lowest BCUT2D eigenvalue weighted by molar-refractivity contribution is -0.253. The summed E-state index contributed by atoms with van der Waals surface area (Å²) in [5.41, 5.74) is -0.837. The number of hydrogen-bond donors (Lipinski definition) is 1. The molecule has 146 valence electrons. The van der Waals surface area contributed by atoms with Gasteiger partial charge in [-0.1, -0.05) is 17.3 Å². The highest BCUT2D eigenvalue weighted by molar-refractivity contribution is 7.98. The Kier molecular flexibility index (Phi) is 5.27. The molecule has 1 amide bonds. The third kappa shape index (κ3) is 3.84. The number of aromatic nitrogens is 1. The van der Waals surface area contributed by atoms with Crippen molar-refractivity contribution in [3.8, 4) is 0 Å². The molecular formula is C18H19F3N2O3S. The van der Waals surface area contributed by atoms with E-state index in [0.29, 0.717) is 22.0 Å². The Morgan fingerprint density at radius 2 is 2.07 bits per heavy atom. The minimum absolute atomic E-state index is 0.141. The normalized spacial score (nSPS) is 20.3. The molecule has 27 heavy (non-hydrogen) atoms. The number of hydrogen-bond acceptors (Lipinski definition) is 5. The van der Waals surface area contributed by atoms with E-state index in [9.17, 15) is 23.1 Å². The van der Waals surface area contributed by atoms with E-state index in [1.807, 2.05) is 6.92 Å². The lowest BCUT2D eigenvalue weighted by atomic mass is 10.0. The first kappa shape index (κ1) is 19.8. The fourth-order valence-electron chi connectivity index (χ4n) is 3.00. The van der Waals surface area contributed by atoms with Gasteiger partial charge in [0.2, 0.25) is 0 Å². The number of β-amino-alcohol motifs (C(OH)–C–C–N with tert-alkyl or cyclic N) is 1. The van der Waals surface area contributed by atoms with Crippen LogP contribution in [0.5, 0.6) is 0 Å². The van der Waals surface area contributed by atoms with Crippen LogP contribution < -0.4 is 0 Å². The molecule has 2 aromatic rings. The van der Waals surface area contributed by atoms with Crippen LogP contribution in [0.15, 0.2) is 33.7 Å². The maximum atomic E-state index is 13.0. The van der Waals surface area contributed by atoms with E-state index in [1.54, 1.807) is 31.2 Å². The Morgan fingerprint density at radius 3 is 2.67 bits per heavy atom. The average molecular weight is 400 g/mol. The van der Waals surface area contributed by atoms with Gasteiger partial charge in [0.1, 0.15) is 5.76 Å². The van der Waals surface area contributed by atoms with Crippen molar-refractivity contribution in [2.24, 2.45) is 0 Å². The molecule has 0 aliphatic carbocycles. The van der Waals surface area contributed by atoms with Gasteiger partial charge in [-0.15, -0.1) is 11.8 Å². The Labute approximate surface area is 158 Å². The van der Waals surface area contributed by atoms with Gasteiger partial charge in [0.25, 0.3) is 5.91 Å². The number of carbonyl (C=O) groups excluding carboxylic acids is 1. The number of alkyl halides is 3. The minimum atomic E-state index is -4.76. The molecule has 0 unspecified atom stereocenters. The lowest BCUT2D eigenvalue weighted by Gasteiger charge is -2.26. The van der Waals surface area contributed by atoms with Crippen LogP contribution in [0.4, 0.5) is 13.2 Å². The van der Waals surface area contributed by atoms with Crippen molar-refractivity contribution in [1.82, 2.24) is 10.1 Å². The van der Waals surface area contributed by atoms with E-state index < -0.39 is 30.7 Å². The molecule has 0 radical (unpaired) electrons. The van der Waals surface area contributed by atoms with E-state index in [0.717, 1.165) is 16.2 Å². The molecule has 1 atom stereocenters. The number of rotatable bonds is 4. The Morgan fingerprint density at radius 1 is 1.37 bits per heavy atom. The van der Waals surface area contributed by atoms with Gasteiger partial charge >= 0.3 is 6.18 Å². The summed E-state index contributed by atoms with van der Waals surface area (Å²) in [4.78, 5) is 14.5. The van der Waals surface area contributed by atoms with Crippen LogP contribution >= 0.6 is 11.8 Å². The summed E-state index contributed by atoms with van der Waals surface area (Å²) >= 11 is 1.39. The van der Waals surface area contributed by atoms with Gasteiger partial charge in [0.05, 0.1) is 17.8 Å². The van der Waals surface area contributed by atoms with Gasteiger partial charge in [-0.05, 0) is 26.0 Å². The summed E-state index contributed by atoms with van der Waals surface area (Å²) in [5, 5.41) is 13.7. The maximum absolute atomic E-state index is 13.0. The molecule has 1 aromatic heterocycles. The third-order valence-corrected chi connectivity index (χ3v) is 5.83. The molecule has 9 heteroatoms. The van der Waals surface area contributed by atoms with E-state index in [4.69, 9.17) is 4.52 Å². The van der Waals surface area contributed by atoms with Gasteiger partial charge in [0.15, 0.2) is 5.60 Å². The van der Waals surface area contributed by atoms with Crippen molar-refractivity contribution in [2.75, 3.05) is 13.1 Å². The second-order valence-corrected chi connectivity index (χ2v) is 7.61. The Balaban J connectivity index is 1.77. The van der Waals surface area contributed by atoms with Crippen molar-refractivity contribution in [3.05, 3.63) is 46.8 Å². The Hall–Kier alpha value is -2.00. The van der Waals surface area contributed by atoms with Crippen molar-refractivity contribution in [2.45, 2.75) is 42.7 Å². The van der Waals surface area contributed by atoms with Gasteiger partial charge in [-0.2, -0.15) is 13.2 Å². The average Bonchev–Trinajstić information content (AvgIpc) is 3.17. The Bertz CT molecular complexity index is 833. The summed E-state index contributed by atoms with van der Waals surface area (Å²) < 4.78 is 44.2. The van der Waals surface area contributed by atoms with Crippen molar-refractivity contribution >= 4 is 17.7 Å². The number of benzene rings is 1. The molecule has 0 saturated carbocycles. The molecule has 1 aliphatic heterocycles. The van der Waals surface area contributed by atoms with Gasteiger partial charge < -0.3 is 14.5 Å². The van der Waals surface area contributed by atoms with Crippen LogP contribution in [0.3, 0.4) is 0 Å². The number of carbonyl (C=O) groups is 1. The second kappa shape index (κ2) is 7.20. The predicted molar refractivity (Wildman–Crippen MR) is 93.5 cm³/mol. The molecule has 0 bridgehead atoms. The number of likely N-dealkylation sites (tertiary alicyclic amines) is 1. The first-order chi connectivity index (χ1) is 12.6. The number of aliphatic hydroxyl groups is 1. The van der Waals surface area contributed by atoms with Gasteiger partial charge in [0, 0.05) is 29.2 Å². The van der Waals surface area contributed by atoms with Crippen LogP contribution in [-0.2, 0) is 5.75 Å². The highest BCUT2D eigenvalue weighted by Crippen LogP contribution is 2.38. The summed E-state index contributed by atoms with van der Waals surface area (Å²) in [6.45, 7) is 2.73. The number of thioether (sulfide) groups is 1. The molecule has 1 fully saturated rings. The summed E-state index contributed by atoms with van der Waals surface area (Å²) in [6.07, 6.45) is -5.28. The third-order valence-electron chi connectivity index (χ3n) is 4.73.